The molecule has 0 amide bonds. The lowest BCUT2D eigenvalue weighted by Crippen LogP contribution is -2.16. The van der Waals surface area contributed by atoms with Gasteiger partial charge < -0.3 is 0 Å². The molecule has 5 heteroatoms. The summed E-state index contributed by atoms with van der Waals surface area (Å²) in [6, 6.07) is 7.20. The summed E-state index contributed by atoms with van der Waals surface area (Å²) in [5.74, 6) is 3.52. The molecule has 19 heavy (non-hydrogen) atoms. The van der Waals surface area contributed by atoms with Gasteiger partial charge in [0, 0.05) is 5.56 Å². The van der Waals surface area contributed by atoms with E-state index in [0.29, 0.717) is 11.4 Å². The molecule has 0 aliphatic carbocycles. The van der Waals surface area contributed by atoms with Gasteiger partial charge in [0.2, 0.25) is 5.82 Å². The molecule has 1 heterocycles. The van der Waals surface area contributed by atoms with Crippen molar-refractivity contribution in [2.45, 2.75) is 19.6 Å². The van der Waals surface area contributed by atoms with Crippen LogP contribution >= 0.6 is 0 Å². The van der Waals surface area contributed by atoms with Gasteiger partial charge in [-0.25, -0.2) is 9.67 Å². The second-order valence-corrected chi connectivity index (χ2v) is 9.98. The maximum absolute atomic E-state index is 10.7. The van der Waals surface area contributed by atoms with Gasteiger partial charge >= 0.3 is 0 Å². The molecule has 0 fully saturated rings. The van der Waals surface area contributed by atoms with Gasteiger partial charge in [-0.2, -0.15) is 0 Å². The summed E-state index contributed by atoms with van der Waals surface area (Å²) >= 11 is 0. The van der Waals surface area contributed by atoms with Crippen molar-refractivity contribution in [2.24, 2.45) is 0 Å². The molecule has 0 aliphatic rings. The van der Waals surface area contributed by atoms with E-state index in [1.807, 2.05) is 12.1 Å². The Hall–Kier alpha value is -2.19. The first kappa shape index (κ1) is 13.2. The number of benzene rings is 1. The van der Waals surface area contributed by atoms with Crippen molar-refractivity contribution in [3.05, 3.63) is 42.0 Å². The molecule has 0 saturated heterocycles. The van der Waals surface area contributed by atoms with E-state index in [1.165, 1.54) is 0 Å². The fraction of sp³-hybridized carbons (Fsp3) is 0.214. The quantitative estimate of drug-likeness (QED) is 0.477. The lowest BCUT2D eigenvalue weighted by Gasteiger charge is -2.02. The number of aldehydes is 1. The number of hydrogen-bond donors (Lipinski definition) is 0. The molecule has 0 N–H and O–H groups in total. The normalized spacial score (nSPS) is 10.7. The summed E-state index contributed by atoms with van der Waals surface area (Å²) in [6.07, 6.45) is 2.42. The minimum Gasteiger partial charge on any atom is -0.298 e. The largest absolute Gasteiger partial charge is 0.298 e. The van der Waals surface area contributed by atoms with Gasteiger partial charge in [0.25, 0.3) is 0 Å². The highest BCUT2D eigenvalue weighted by molar-refractivity contribution is 6.83. The Labute approximate surface area is 113 Å². The van der Waals surface area contributed by atoms with Crippen LogP contribution in [0.5, 0.6) is 0 Å². The van der Waals surface area contributed by atoms with Crippen LogP contribution in [0, 0.1) is 11.5 Å². The predicted molar refractivity (Wildman–Crippen MR) is 77.0 cm³/mol. The molecule has 0 atom stereocenters. The van der Waals surface area contributed by atoms with Crippen LogP contribution in [0.1, 0.15) is 16.2 Å². The highest BCUT2D eigenvalue weighted by atomic mass is 28.3. The van der Waals surface area contributed by atoms with Gasteiger partial charge in [-0.3, -0.25) is 4.79 Å². The Kier molecular flexibility index (Phi) is 3.63. The highest BCUT2D eigenvalue weighted by Crippen LogP contribution is 2.08. The van der Waals surface area contributed by atoms with Crippen molar-refractivity contribution in [3.8, 4) is 17.2 Å². The number of hydrogen-bond acceptors (Lipinski definition) is 3. The molecule has 96 valence electrons. The van der Waals surface area contributed by atoms with E-state index in [4.69, 9.17) is 0 Å². The van der Waals surface area contributed by atoms with Crippen molar-refractivity contribution < 1.29 is 4.79 Å². The van der Waals surface area contributed by atoms with Crippen molar-refractivity contribution in [1.82, 2.24) is 14.8 Å². The lowest BCUT2D eigenvalue weighted by molar-refractivity contribution is 0.112. The van der Waals surface area contributed by atoms with E-state index in [1.54, 1.807) is 23.1 Å². The second kappa shape index (κ2) is 5.20. The van der Waals surface area contributed by atoms with Crippen LogP contribution in [-0.2, 0) is 0 Å². The number of carbonyl (C=O) groups excluding carboxylic acids is 1. The summed E-state index contributed by atoms with van der Waals surface area (Å²) in [5.41, 5.74) is 4.64. The summed E-state index contributed by atoms with van der Waals surface area (Å²) < 4.78 is 1.63. The van der Waals surface area contributed by atoms with Crippen molar-refractivity contribution in [3.63, 3.8) is 0 Å². The summed E-state index contributed by atoms with van der Waals surface area (Å²) in [7, 11) is -1.42. The molecule has 0 saturated carbocycles. The molecule has 2 rings (SSSR count). The zero-order valence-corrected chi connectivity index (χ0v) is 12.2. The minimum atomic E-state index is -1.42. The predicted octanol–water partition coefficient (Wildman–Crippen LogP) is 2.31. The molecule has 0 bridgehead atoms. The molecule has 1 aromatic heterocycles. The molecule has 2 aromatic rings. The topological polar surface area (TPSA) is 47.8 Å². The number of rotatable bonds is 2. The first-order chi connectivity index (χ1) is 8.98. The zero-order valence-electron chi connectivity index (χ0n) is 11.2. The van der Waals surface area contributed by atoms with Crippen molar-refractivity contribution in [2.75, 3.05) is 0 Å². The maximum atomic E-state index is 10.7. The molecule has 0 unspecified atom stereocenters. The van der Waals surface area contributed by atoms with Gasteiger partial charge in [0.15, 0.2) is 0 Å². The van der Waals surface area contributed by atoms with Crippen LogP contribution in [0.25, 0.3) is 5.69 Å². The number of aromatic nitrogens is 3. The smallest absolute Gasteiger partial charge is 0.225 e. The average Bonchev–Trinajstić information content (AvgIpc) is 2.84. The first-order valence-electron chi connectivity index (χ1n) is 5.98. The standard InChI is InChI=1S/C14H15N3OSi/c1-19(2,3)8-7-14-15-11-17(16-14)13-6-4-5-12(9-13)10-18/h4-6,9-11H,1-3H3. The second-order valence-electron chi connectivity index (χ2n) is 5.23. The third kappa shape index (κ3) is 3.63. The Morgan fingerprint density at radius 1 is 1.32 bits per heavy atom. The third-order valence-electron chi connectivity index (χ3n) is 2.31. The summed E-state index contributed by atoms with van der Waals surface area (Å²) in [6.45, 7) is 6.51. The zero-order chi connectivity index (χ0) is 13.9. The Balaban J connectivity index is 2.29. The number of nitrogens with zero attached hydrogens (tertiary/aromatic N) is 3. The fourth-order valence-corrected chi connectivity index (χ4v) is 1.92. The van der Waals surface area contributed by atoms with Crippen LogP contribution in [0.2, 0.25) is 19.6 Å². The molecular weight excluding hydrogens is 254 g/mol. The van der Waals surface area contributed by atoms with Crippen LogP contribution < -0.4 is 0 Å². The van der Waals surface area contributed by atoms with Crippen molar-refractivity contribution in [1.29, 1.82) is 0 Å². The fourth-order valence-electron chi connectivity index (χ4n) is 1.43. The van der Waals surface area contributed by atoms with E-state index in [-0.39, 0.29) is 0 Å². The van der Waals surface area contributed by atoms with Crippen LogP contribution in [0.3, 0.4) is 0 Å². The Morgan fingerprint density at radius 2 is 2.11 bits per heavy atom. The molecule has 1 aromatic carbocycles. The molecule has 0 spiro atoms. The highest BCUT2D eigenvalue weighted by Gasteiger charge is 2.08. The maximum Gasteiger partial charge on any atom is 0.225 e. The van der Waals surface area contributed by atoms with E-state index in [2.05, 4.69) is 41.2 Å². The molecule has 4 nitrogen and oxygen atoms in total. The van der Waals surface area contributed by atoms with Gasteiger partial charge in [0.1, 0.15) is 20.7 Å². The van der Waals surface area contributed by atoms with E-state index < -0.39 is 8.07 Å². The van der Waals surface area contributed by atoms with Gasteiger partial charge in [-0.1, -0.05) is 31.8 Å². The van der Waals surface area contributed by atoms with Gasteiger partial charge in [-0.05, 0) is 18.1 Å². The SMILES string of the molecule is C[Si](C)(C)C#Cc1ncn(-c2cccc(C=O)c2)n1. The first-order valence-corrected chi connectivity index (χ1v) is 9.48. The van der Waals surface area contributed by atoms with E-state index >= 15 is 0 Å². The molecule has 0 aliphatic heterocycles. The van der Waals surface area contributed by atoms with Crippen LogP contribution in [0.4, 0.5) is 0 Å². The van der Waals surface area contributed by atoms with Gasteiger partial charge in [0.05, 0.1) is 5.69 Å². The number of carbonyl (C=O) groups is 1. The minimum absolute atomic E-state index is 0.513. The average molecular weight is 269 g/mol. The Morgan fingerprint density at radius 3 is 2.79 bits per heavy atom. The molecular formula is C14H15N3OSi. The van der Waals surface area contributed by atoms with Gasteiger partial charge in [-0.15, -0.1) is 10.6 Å². The van der Waals surface area contributed by atoms with Crippen LogP contribution in [0.15, 0.2) is 30.6 Å². The Bertz CT molecular complexity index is 659. The summed E-state index contributed by atoms with van der Waals surface area (Å²) in [4.78, 5) is 14.9. The van der Waals surface area contributed by atoms with Crippen molar-refractivity contribution >= 4 is 14.4 Å². The summed E-state index contributed by atoms with van der Waals surface area (Å²) in [5, 5.41) is 4.30. The van der Waals surface area contributed by atoms with Crippen LogP contribution in [-0.4, -0.2) is 29.1 Å². The lowest BCUT2D eigenvalue weighted by atomic mass is 10.2. The monoisotopic (exact) mass is 269 g/mol. The van der Waals surface area contributed by atoms with E-state index in [9.17, 15) is 4.79 Å². The third-order valence-corrected chi connectivity index (χ3v) is 3.19. The van der Waals surface area contributed by atoms with E-state index in [0.717, 1.165) is 12.0 Å². The molecule has 0 radical (unpaired) electrons.